The Morgan fingerprint density at radius 1 is 0.722 bits per heavy atom. The monoisotopic (exact) mass is 480 g/mol. The lowest BCUT2D eigenvalue weighted by Crippen LogP contribution is -2.45. The van der Waals surface area contributed by atoms with Gasteiger partial charge in [-0.2, -0.15) is 10.2 Å². The van der Waals surface area contributed by atoms with Crippen LogP contribution in [0.25, 0.3) is 21.5 Å². The Balaban J connectivity index is 1.37. The first-order valence-corrected chi connectivity index (χ1v) is 11.1. The molecule has 0 atom stereocenters. The fourth-order valence-electron chi connectivity index (χ4n) is 3.87. The van der Waals surface area contributed by atoms with Crippen LogP contribution < -0.4 is 22.0 Å². The molecule has 10 heteroatoms. The highest BCUT2D eigenvalue weighted by molar-refractivity contribution is 6.05. The number of hydrazine groups is 1. The summed E-state index contributed by atoms with van der Waals surface area (Å²) in [7, 11) is 0. The van der Waals surface area contributed by atoms with Crippen molar-refractivity contribution in [2.24, 2.45) is 0 Å². The minimum atomic E-state index is -0.708. The van der Waals surface area contributed by atoms with Crippen molar-refractivity contribution in [1.82, 2.24) is 30.4 Å². The average molecular weight is 480 g/mol. The van der Waals surface area contributed by atoms with Gasteiger partial charge in [-0.3, -0.25) is 30.0 Å². The summed E-state index contributed by atoms with van der Waals surface area (Å²) in [5.74, 6) is -1.37. The van der Waals surface area contributed by atoms with Gasteiger partial charge in [0.25, 0.3) is 22.9 Å². The minimum Gasteiger partial charge on any atom is -0.271 e. The van der Waals surface area contributed by atoms with Crippen LogP contribution >= 0.6 is 0 Å². The van der Waals surface area contributed by atoms with E-state index in [2.05, 4.69) is 21.0 Å². The van der Waals surface area contributed by atoms with Gasteiger partial charge in [-0.15, -0.1) is 0 Å². The Morgan fingerprint density at radius 3 is 2.14 bits per heavy atom. The second kappa shape index (κ2) is 9.63. The first kappa shape index (κ1) is 22.7. The molecule has 2 heterocycles. The van der Waals surface area contributed by atoms with Crippen LogP contribution in [0, 0.1) is 0 Å². The number of carbonyl (C=O) groups excluding carboxylic acids is 2. The smallest absolute Gasteiger partial charge is 0.271 e. The molecule has 10 nitrogen and oxygen atoms in total. The van der Waals surface area contributed by atoms with Gasteiger partial charge in [0.1, 0.15) is 6.54 Å². The Labute approximate surface area is 203 Å². The molecule has 0 aliphatic carbocycles. The molecule has 5 rings (SSSR count). The molecule has 0 aliphatic heterocycles. The van der Waals surface area contributed by atoms with Gasteiger partial charge in [0, 0.05) is 10.8 Å². The molecule has 178 valence electrons. The highest BCUT2D eigenvalue weighted by Crippen LogP contribution is 2.14. The lowest BCUT2D eigenvalue weighted by molar-refractivity contribution is -0.122. The molecule has 3 aromatic carbocycles. The van der Waals surface area contributed by atoms with E-state index in [4.69, 9.17) is 0 Å². The quantitative estimate of drug-likeness (QED) is 0.368. The molecular weight excluding hydrogens is 460 g/mol. The number of carbonyl (C=O) groups is 2. The van der Waals surface area contributed by atoms with Crippen LogP contribution in [0.2, 0.25) is 0 Å². The summed E-state index contributed by atoms with van der Waals surface area (Å²) in [4.78, 5) is 51.0. The van der Waals surface area contributed by atoms with E-state index in [-0.39, 0.29) is 17.8 Å². The van der Waals surface area contributed by atoms with Crippen molar-refractivity contribution < 1.29 is 9.59 Å². The molecule has 0 radical (unpaired) electrons. The predicted octanol–water partition coefficient (Wildman–Crippen LogP) is 1.62. The van der Waals surface area contributed by atoms with Gasteiger partial charge < -0.3 is 0 Å². The Kier molecular flexibility index (Phi) is 6.06. The van der Waals surface area contributed by atoms with Crippen molar-refractivity contribution in [2.75, 3.05) is 0 Å². The summed E-state index contributed by atoms with van der Waals surface area (Å²) in [6.07, 6.45) is 1.49. The SMILES string of the molecule is O=C(Cn1ncc2ccccc2c1=O)NNC(=O)c1nn(Cc2ccccc2)c(=O)c2ccccc12. The van der Waals surface area contributed by atoms with Crippen LogP contribution in [0.3, 0.4) is 0 Å². The van der Waals surface area contributed by atoms with Gasteiger partial charge in [-0.25, -0.2) is 9.36 Å². The molecule has 0 saturated heterocycles. The normalized spacial score (nSPS) is 10.9. The Morgan fingerprint density at radius 2 is 1.36 bits per heavy atom. The first-order valence-electron chi connectivity index (χ1n) is 11.1. The zero-order valence-electron chi connectivity index (χ0n) is 18.9. The van der Waals surface area contributed by atoms with Gasteiger partial charge in [0.2, 0.25) is 0 Å². The number of amides is 2. The maximum atomic E-state index is 13.0. The van der Waals surface area contributed by atoms with Gasteiger partial charge in [0.05, 0.1) is 23.5 Å². The largest absolute Gasteiger partial charge is 0.290 e. The van der Waals surface area contributed by atoms with E-state index in [1.807, 2.05) is 30.3 Å². The summed E-state index contributed by atoms with van der Waals surface area (Å²) in [5.41, 5.74) is 4.67. The van der Waals surface area contributed by atoms with E-state index in [0.29, 0.717) is 21.5 Å². The number of aromatic nitrogens is 4. The minimum absolute atomic E-state index is 0.0255. The van der Waals surface area contributed by atoms with Crippen molar-refractivity contribution in [2.45, 2.75) is 13.1 Å². The molecule has 0 spiro atoms. The molecule has 0 fully saturated rings. The maximum absolute atomic E-state index is 13.0. The Hall–Kier alpha value is -5.12. The Bertz CT molecular complexity index is 1730. The summed E-state index contributed by atoms with van der Waals surface area (Å²) in [5, 5.41) is 10.1. The molecular formula is C26H20N6O4. The molecule has 0 saturated carbocycles. The topological polar surface area (TPSA) is 128 Å². The van der Waals surface area contributed by atoms with Crippen molar-refractivity contribution >= 4 is 33.4 Å². The van der Waals surface area contributed by atoms with E-state index in [9.17, 15) is 19.2 Å². The number of fused-ring (bicyclic) bond motifs is 2. The van der Waals surface area contributed by atoms with Crippen LogP contribution in [-0.4, -0.2) is 31.4 Å². The highest BCUT2D eigenvalue weighted by Gasteiger charge is 2.18. The van der Waals surface area contributed by atoms with Gasteiger partial charge in [-0.05, 0) is 17.7 Å². The number of hydrogen-bond donors (Lipinski definition) is 2. The number of nitrogens with zero attached hydrogens (tertiary/aromatic N) is 4. The molecule has 2 aromatic heterocycles. The van der Waals surface area contributed by atoms with E-state index in [0.717, 1.165) is 10.2 Å². The lowest BCUT2D eigenvalue weighted by Gasteiger charge is -2.12. The number of nitrogens with one attached hydrogen (secondary N) is 2. The van der Waals surface area contributed by atoms with Crippen LogP contribution in [0.4, 0.5) is 0 Å². The third-order valence-corrected chi connectivity index (χ3v) is 5.63. The predicted molar refractivity (Wildman–Crippen MR) is 133 cm³/mol. The zero-order chi connectivity index (χ0) is 25.1. The summed E-state index contributed by atoms with van der Waals surface area (Å²) in [6, 6.07) is 22.8. The second-order valence-corrected chi connectivity index (χ2v) is 8.04. The van der Waals surface area contributed by atoms with Crippen molar-refractivity contribution in [1.29, 1.82) is 0 Å². The molecule has 0 aliphatic rings. The number of rotatable bonds is 5. The van der Waals surface area contributed by atoms with E-state index >= 15 is 0 Å². The van der Waals surface area contributed by atoms with E-state index < -0.39 is 23.9 Å². The molecule has 0 bridgehead atoms. The molecule has 0 unspecified atom stereocenters. The maximum Gasteiger partial charge on any atom is 0.290 e. The molecule has 2 N–H and O–H groups in total. The standard InChI is InChI=1S/C26H20N6O4/c33-22(16-31-25(35)19-11-5-4-10-18(19)14-27-31)28-29-24(34)23-20-12-6-7-13-21(20)26(36)32(30-23)15-17-8-2-1-3-9-17/h1-14H,15-16H2,(H,28,33)(H,29,34). The molecule has 5 aromatic rings. The van der Waals surface area contributed by atoms with Crippen LogP contribution in [-0.2, 0) is 17.9 Å². The van der Waals surface area contributed by atoms with Crippen LogP contribution in [0.15, 0.2) is 94.6 Å². The lowest BCUT2D eigenvalue weighted by atomic mass is 10.1. The molecule has 36 heavy (non-hydrogen) atoms. The van der Waals surface area contributed by atoms with Gasteiger partial charge in [0.15, 0.2) is 5.69 Å². The van der Waals surface area contributed by atoms with Crippen molar-refractivity contribution in [3.8, 4) is 0 Å². The van der Waals surface area contributed by atoms with Crippen molar-refractivity contribution in [3.63, 3.8) is 0 Å². The van der Waals surface area contributed by atoms with E-state index in [1.165, 1.54) is 10.9 Å². The summed E-state index contributed by atoms with van der Waals surface area (Å²) < 4.78 is 2.23. The highest BCUT2D eigenvalue weighted by atomic mass is 16.2. The van der Waals surface area contributed by atoms with Gasteiger partial charge in [-0.1, -0.05) is 66.7 Å². The number of hydrogen-bond acceptors (Lipinski definition) is 6. The third-order valence-electron chi connectivity index (χ3n) is 5.63. The fourth-order valence-corrected chi connectivity index (χ4v) is 3.87. The third kappa shape index (κ3) is 4.47. The van der Waals surface area contributed by atoms with Crippen LogP contribution in [0.1, 0.15) is 16.1 Å². The first-order chi connectivity index (χ1) is 17.5. The summed E-state index contributed by atoms with van der Waals surface area (Å²) >= 11 is 0. The average Bonchev–Trinajstić information content (AvgIpc) is 2.91. The fraction of sp³-hybridized carbons (Fsp3) is 0.0769. The second-order valence-electron chi connectivity index (χ2n) is 8.04. The van der Waals surface area contributed by atoms with Gasteiger partial charge >= 0.3 is 0 Å². The zero-order valence-corrected chi connectivity index (χ0v) is 18.9. The summed E-state index contributed by atoms with van der Waals surface area (Å²) in [6.45, 7) is -0.223. The van der Waals surface area contributed by atoms with Crippen molar-refractivity contribution in [3.05, 3.63) is 117 Å². The number of benzene rings is 3. The van der Waals surface area contributed by atoms with Crippen LogP contribution in [0.5, 0.6) is 0 Å². The molecule has 2 amide bonds. The van der Waals surface area contributed by atoms with E-state index in [1.54, 1.807) is 48.5 Å².